The molecule has 0 heterocycles. The van der Waals surface area contributed by atoms with E-state index in [1.54, 1.807) is 6.08 Å². The number of aliphatic hydroxyl groups is 2. The standard InChI is InChI=1S/C66H129NO5/c1-3-5-7-9-11-13-15-17-36-40-44-48-52-56-60-66(71)72-61-57-53-49-45-41-37-34-32-30-28-26-24-22-20-18-19-21-23-25-27-29-31-33-35-39-43-47-51-55-59-65(70)67-63(62-68)64(69)58-54-50-46-42-38-16-14-12-10-8-6-4-2/h54,58,63-64,68-69H,3-53,55-57,59-62H2,1-2H3,(H,67,70)/b58-54+. The molecule has 0 rings (SSSR count). The number of hydrogen-bond acceptors (Lipinski definition) is 5. The van der Waals surface area contributed by atoms with Crippen LogP contribution in [0.2, 0.25) is 0 Å². The minimum Gasteiger partial charge on any atom is -0.466 e. The molecule has 2 unspecified atom stereocenters. The van der Waals surface area contributed by atoms with Crippen LogP contribution in [0.5, 0.6) is 0 Å². The lowest BCUT2D eigenvalue weighted by molar-refractivity contribution is -0.143. The lowest BCUT2D eigenvalue weighted by Crippen LogP contribution is -2.45. The Morgan fingerprint density at radius 1 is 0.375 bits per heavy atom. The van der Waals surface area contributed by atoms with Crippen LogP contribution in [-0.2, 0) is 14.3 Å². The SMILES string of the molecule is CCCCCCCCCCCC/C=C/C(O)C(CO)NC(=O)CCCCCCCCCCCCCCCCCCCCCCCCCCCCCCCOC(=O)CCCCCCCCCCCCCCCC. The highest BCUT2D eigenvalue weighted by atomic mass is 16.5. The highest BCUT2D eigenvalue weighted by molar-refractivity contribution is 5.76. The topological polar surface area (TPSA) is 95.9 Å². The molecule has 6 heteroatoms. The number of hydrogen-bond donors (Lipinski definition) is 3. The van der Waals surface area contributed by atoms with E-state index in [9.17, 15) is 19.8 Å². The van der Waals surface area contributed by atoms with E-state index in [1.165, 1.54) is 308 Å². The summed E-state index contributed by atoms with van der Waals surface area (Å²) in [6, 6.07) is -0.623. The largest absolute Gasteiger partial charge is 0.466 e. The maximum Gasteiger partial charge on any atom is 0.305 e. The van der Waals surface area contributed by atoms with Crippen LogP contribution in [0.4, 0.5) is 0 Å². The van der Waals surface area contributed by atoms with Gasteiger partial charge in [0.15, 0.2) is 0 Å². The fourth-order valence-electron chi connectivity index (χ4n) is 10.5. The molecule has 0 aliphatic heterocycles. The molecular weight excluding hydrogens is 887 g/mol. The Balaban J connectivity index is 3.32. The number of amides is 1. The molecule has 0 saturated heterocycles. The zero-order chi connectivity index (χ0) is 52.2. The van der Waals surface area contributed by atoms with Gasteiger partial charge in [-0.1, -0.05) is 341 Å². The van der Waals surface area contributed by atoms with Crippen molar-refractivity contribution >= 4 is 11.9 Å². The average Bonchev–Trinajstić information content (AvgIpc) is 3.38. The van der Waals surface area contributed by atoms with Crippen LogP contribution < -0.4 is 5.32 Å². The molecule has 6 nitrogen and oxygen atoms in total. The van der Waals surface area contributed by atoms with Gasteiger partial charge >= 0.3 is 5.97 Å². The van der Waals surface area contributed by atoms with Crippen LogP contribution in [0.1, 0.15) is 373 Å². The third-order valence-corrected chi connectivity index (χ3v) is 15.6. The van der Waals surface area contributed by atoms with Crippen molar-refractivity contribution in [2.75, 3.05) is 13.2 Å². The van der Waals surface area contributed by atoms with E-state index in [1.807, 2.05) is 6.08 Å². The van der Waals surface area contributed by atoms with Crippen molar-refractivity contribution in [2.45, 2.75) is 386 Å². The molecule has 0 aromatic carbocycles. The molecule has 0 aromatic rings. The molecule has 0 aliphatic rings. The third kappa shape index (κ3) is 57.9. The first-order valence-corrected chi connectivity index (χ1v) is 33.0. The van der Waals surface area contributed by atoms with Crippen LogP contribution in [0.15, 0.2) is 12.2 Å². The lowest BCUT2D eigenvalue weighted by Gasteiger charge is -2.20. The zero-order valence-corrected chi connectivity index (χ0v) is 48.9. The summed E-state index contributed by atoms with van der Waals surface area (Å²) >= 11 is 0. The monoisotopic (exact) mass is 1020 g/mol. The summed E-state index contributed by atoms with van der Waals surface area (Å²) in [6.07, 6.45) is 75.7. The summed E-state index contributed by atoms with van der Waals surface area (Å²) < 4.78 is 5.49. The first-order chi connectivity index (χ1) is 35.5. The van der Waals surface area contributed by atoms with Crippen molar-refractivity contribution in [3.05, 3.63) is 12.2 Å². The second kappa shape index (κ2) is 62.1. The summed E-state index contributed by atoms with van der Waals surface area (Å²) in [7, 11) is 0. The van der Waals surface area contributed by atoms with Gasteiger partial charge in [-0.3, -0.25) is 9.59 Å². The molecule has 0 aliphatic carbocycles. The minimum atomic E-state index is -0.840. The zero-order valence-electron chi connectivity index (χ0n) is 48.9. The van der Waals surface area contributed by atoms with Gasteiger partial charge < -0.3 is 20.3 Å². The number of unbranched alkanes of at least 4 members (excludes halogenated alkanes) is 51. The molecule has 0 saturated carbocycles. The van der Waals surface area contributed by atoms with Gasteiger partial charge in [0.05, 0.1) is 25.4 Å². The predicted octanol–water partition coefficient (Wildman–Crippen LogP) is 20.8. The number of carbonyl (C=O) groups is 2. The van der Waals surface area contributed by atoms with Crippen molar-refractivity contribution in [1.82, 2.24) is 5.32 Å². The van der Waals surface area contributed by atoms with E-state index in [2.05, 4.69) is 19.2 Å². The number of carbonyl (C=O) groups excluding carboxylic acids is 2. The van der Waals surface area contributed by atoms with Gasteiger partial charge in [0.25, 0.3) is 0 Å². The van der Waals surface area contributed by atoms with Crippen molar-refractivity contribution in [3.8, 4) is 0 Å². The van der Waals surface area contributed by atoms with Gasteiger partial charge in [-0.25, -0.2) is 0 Å². The van der Waals surface area contributed by atoms with Gasteiger partial charge in [-0.05, 0) is 32.1 Å². The Morgan fingerprint density at radius 3 is 0.944 bits per heavy atom. The summed E-state index contributed by atoms with van der Waals surface area (Å²) in [4.78, 5) is 24.5. The number of rotatable bonds is 62. The fraction of sp³-hybridized carbons (Fsp3) is 0.939. The van der Waals surface area contributed by atoms with Gasteiger partial charge in [-0.15, -0.1) is 0 Å². The van der Waals surface area contributed by atoms with E-state index >= 15 is 0 Å². The average molecular weight is 1020 g/mol. The van der Waals surface area contributed by atoms with Crippen LogP contribution in [0.25, 0.3) is 0 Å². The Labute approximate surface area is 450 Å². The Bertz CT molecular complexity index is 1080. The lowest BCUT2D eigenvalue weighted by atomic mass is 10.0. The van der Waals surface area contributed by atoms with E-state index in [0.29, 0.717) is 19.4 Å². The molecule has 0 radical (unpaired) electrons. The van der Waals surface area contributed by atoms with Crippen molar-refractivity contribution in [2.24, 2.45) is 0 Å². The van der Waals surface area contributed by atoms with Gasteiger partial charge in [-0.2, -0.15) is 0 Å². The first-order valence-electron chi connectivity index (χ1n) is 33.0. The van der Waals surface area contributed by atoms with Crippen LogP contribution in [0.3, 0.4) is 0 Å². The Kier molecular flexibility index (Phi) is 60.9. The normalized spacial score (nSPS) is 12.6. The molecule has 2 atom stereocenters. The fourth-order valence-corrected chi connectivity index (χ4v) is 10.5. The number of nitrogens with one attached hydrogen (secondary N) is 1. The Morgan fingerprint density at radius 2 is 0.639 bits per heavy atom. The van der Waals surface area contributed by atoms with Crippen molar-refractivity contribution in [3.63, 3.8) is 0 Å². The van der Waals surface area contributed by atoms with Crippen molar-refractivity contribution in [1.29, 1.82) is 0 Å². The summed E-state index contributed by atoms with van der Waals surface area (Å²) in [5.41, 5.74) is 0. The van der Waals surface area contributed by atoms with E-state index < -0.39 is 12.1 Å². The maximum atomic E-state index is 12.4. The molecule has 0 spiro atoms. The van der Waals surface area contributed by atoms with Crippen molar-refractivity contribution < 1.29 is 24.5 Å². The molecule has 428 valence electrons. The molecule has 1 amide bonds. The predicted molar refractivity (Wildman–Crippen MR) is 315 cm³/mol. The second-order valence-electron chi connectivity index (χ2n) is 22.8. The summed E-state index contributed by atoms with van der Waals surface area (Å²) in [5.74, 6) is -0.0413. The summed E-state index contributed by atoms with van der Waals surface area (Å²) in [6.45, 7) is 4.93. The molecular formula is C66H129NO5. The number of esters is 1. The molecule has 0 aromatic heterocycles. The van der Waals surface area contributed by atoms with E-state index in [0.717, 1.165) is 38.5 Å². The highest BCUT2D eigenvalue weighted by Crippen LogP contribution is 2.19. The number of allylic oxidation sites excluding steroid dienone is 1. The smallest absolute Gasteiger partial charge is 0.305 e. The number of ether oxygens (including phenoxy) is 1. The second-order valence-corrected chi connectivity index (χ2v) is 22.8. The molecule has 72 heavy (non-hydrogen) atoms. The number of aliphatic hydroxyl groups excluding tert-OH is 2. The van der Waals surface area contributed by atoms with Crippen LogP contribution in [0, 0.1) is 0 Å². The quantitative estimate of drug-likeness (QED) is 0.0320. The van der Waals surface area contributed by atoms with Gasteiger partial charge in [0.1, 0.15) is 0 Å². The van der Waals surface area contributed by atoms with E-state index in [-0.39, 0.29) is 18.5 Å². The highest BCUT2D eigenvalue weighted by Gasteiger charge is 2.18. The van der Waals surface area contributed by atoms with E-state index in [4.69, 9.17) is 4.74 Å². The summed E-state index contributed by atoms with van der Waals surface area (Å²) in [5, 5.41) is 23.1. The minimum absolute atomic E-state index is 0.0220. The molecule has 0 bridgehead atoms. The van der Waals surface area contributed by atoms with Gasteiger partial charge in [0.2, 0.25) is 5.91 Å². The molecule has 0 fully saturated rings. The van der Waals surface area contributed by atoms with Gasteiger partial charge in [0, 0.05) is 12.8 Å². The first kappa shape index (κ1) is 70.6. The van der Waals surface area contributed by atoms with Crippen LogP contribution >= 0.6 is 0 Å². The van der Waals surface area contributed by atoms with Crippen LogP contribution in [-0.4, -0.2) is 47.4 Å². The molecule has 3 N–H and O–H groups in total. The Hall–Kier alpha value is -1.40. The maximum absolute atomic E-state index is 12.4. The third-order valence-electron chi connectivity index (χ3n) is 15.6.